The van der Waals surface area contributed by atoms with Crippen molar-refractivity contribution < 1.29 is 29.3 Å². The molecule has 2 heterocycles. The van der Waals surface area contributed by atoms with Gasteiger partial charge >= 0.3 is 14.3 Å². The van der Waals surface area contributed by atoms with Crippen LogP contribution in [-0.2, 0) is 9.26 Å². The van der Waals surface area contributed by atoms with Crippen LogP contribution in [0.3, 0.4) is 0 Å². The first-order chi connectivity index (χ1) is 11.4. The van der Waals surface area contributed by atoms with Crippen LogP contribution in [0, 0.1) is 11.8 Å². The summed E-state index contributed by atoms with van der Waals surface area (Å²) < 4.78 is 11.0. The van der Waals surface area contributed by atoms with Gasteiger partial charge in [0.05, 0.1) is 19.3 Å². The van der Waals surface area contributed by atoms with Crippen molar-refractivity contribution >= 4 is 8.60 Å². The highest BCUT2D eigenvalue weighted by Gasteiger charge is 2.35. The lowest BCUT2D eigenvalue weighted by Crippen LogP contribution is -2.33. The smallest absolute Gasteiger partial charge is 0.330 e. The fourth-order valence-electron chi connectivity index (χ4n) is 2.17. The van der Waals surface area contributed by atoms with E-state index in [1.54, 1.807) is 0 Å². The van der Waals surface area contributed by atoms with Crippen LogP contribution in [0.1, 0.15) is 24.6 Å². The fourth-order valence-corrected chi connectivity index (χ4v) is 2.43. The van der Waals surface area contributed by atoms with E-state index in [0.29, 0.717) is 0 Å². The zero-order valence-corrected chi connectivity index (χ0v) is 13.3. The minimum absolute atomic E-state index is 0.00963. The number of H-pyrrole nitrogens is 1. The Morgan fingerprint density at radius 1 is 1.46 bits per heavy atom. The van der Waals surface area contributed by atoms with Crippen LogP contribution in [0.4, 0.5) is 0 Å². The zero-order chi connectivity index (χ0) is 17.7. The summed E-state index contributed by atoms with van der Waals surface area (Å²) in [4.78, 5) is 42.9. The third-order valence-electron chi connectivity index (χ3n) is 3.32. The van der Waals surface area contributed by atoms with E-state index in [1.807, 2.05) is 0 Å². The van der Waals surface area contributed by atoms with E-state index in [1.165, 1.54) is 6.20 Å². The number of aromatic nitrogens is 2. The van der Waals surface area contributed by atoms with Crippen LogP contribution in [-0.4, -0.2) is 55.0 Å². The molecule has 2 rings (SSSR count). The van der Waals surface area contributed by atoms with Gasteiger partial charge in [0.25, 0.3) is 5.56 Å². The topological polar surface area (TPSA) is 154 Å². The summed E-state index contributed by atoms with van der Waals surface area (Å²) >= 11 is 0. The van der Waals surface area contributed by atoms with Crippen molar-refractivity contribution in [2.24, 2.45) is 0 Å². The summed E-state index contributed by atoms with van der Waals surface area (Å²) in [5.74, 6) is 5.17. The molecule has 132 valence electrons. The molecule has 1 aromatic heterocycles. The molecule has 5 N–H and O–H groups in total. The van der Waals surface area contributed by atoms with E-state index in [4.69, 9.17) is 19.6 Å². The average molecular weight is 360 g/mol. The van der Waals surface area contributed by atoms with Crippen molar-refractivity contribution in [1.29, 1.82) is 0 Å². The van der Waals surface area contributed by atoms with Crippen molar-refractivity contribution in [1.82, 2.24) is 9.55 Å². The highest BCUT2D eigenvalue weighted by Crippen LogP contribution is 2.27. The normalized spacial score (nSPS) is 23.3. The third-order valence-corrected chi connectivity index (χ3v) is 3.73. The molecule has 11 heteroatoms. The Balaban J connectivity index is 2.16. The summed E-state index contributed by atoms with van der Waals surface area (Å²) in [7, 11) is -2.45. The molecule has 0 aliphatic carbocycles. The molecule has 0 spiro atoms. The van der Waals surface area contributed by atoms with Gasteiger partial charge in [-0.3, -0.25) is 14.3 Å². The molecule has 3 unspecified atom stereocenters. The van der Waals surface area contributed by atoms with Crippen LogP contribution in [0.15, 0.2) is 15.8 Å². The lowest BCUT2D eigenvalue weighted by molar-refractivity contribution is -0.0459. The molecule has 1 aliphatic rings. The number of ether oxygens (including phenoxy) is 1. The second kappa shape index (κ2) is 8.50. The number of aromatic amines is 1. The number of rotatable bonds is 5. The summed E-state index contributed by atoms with van der Waals surface area (Å²) in [6.07, 6.45) is -1.07. The molecule has 3 atom stereocenters. The van der Waals surface area contributed by atoms with Gasteiger partial charge < -0.3 is 29.3 Å². The van der Waals surface area contributed by atoms with E-state index in [0.717, 1.165) is 4.57 Å². The predicted octanol–water partition coefficient (Wildman–Crippen LogP) is -1.85. The molecule has 0 radical (unpaired) electrons. The summed E-state index contributed by atoms with van der Waals surface area (Å²) in [6, 6.07) is 0. The number of hydrogen-bond acceptors (Lipinski definition) is 8. The number of nitrogens with zero attached hydrogens (tertiary/aromatic N) is 1. The number of nitrogens with one attached hydrogen (secondary N) is 1. The van der Waals surface area contributed by atoms with Gasteiger partial charge in [0.15, 0.2) is 0 Å². The van der Waals surface area contributed by atoms with Gasteiger partial charge in [-0.15, -0.1) is 0 Å². The quantitative estimate of drug-likeness (QED) is 0.233. The second-order valence-corrected chi connectivity index (χ2v) is 5.73. The summed E-state index contributed by atoms with van der Waals surface area (Å²) in [6.45, 7) is -0.403. The molecular formula is C13H17N2O8P. The van der Waals surface area contributed by atoms with E-state index in [2.05, 4.69) is 21.3 Å². The number of aliphatic hydroxyl groups is 2. The number of aliphatic hydroxyl groups excluding tert-OH is 2. The number of hydrogen-bond donors (Lipinski definition) is 5. The van der Waals surface area contributed by atoms with Crippen LogP contribution < -0.4 is 11.2 Å². The van der Waals surface area contributed by atoms with Crippen LogP contribution in [0.2, 0.25) is 0 Å². The molecule has 1 saturated heterocycles. The van der Waals surface area contributed by atoms with Gasteiger partial charge in [0.1, 0.15) is 17.9 Å². The first kappa shape index (κ1) is 18.8. The van der Waals surface area contributed by atoms with Gasteiger partial charge in [-0.05, 0) is 0 Å². The predicted molar refractivity (Wildman–Crippen MR) is 81.7 cm³/mol. The highest BCUT2D eigenvalue weighted by atomic mass is 31.2. The third kappa shape index (κ3) is 4.72. The molecule has 1 fully saturated rings. The van der Waals surface area contributed by atoms with E-state index >= 15 is 0 Å². The van der Waals surface area contributed by atoms with Crippen molar-refractivity contribution in [3.8, 4) is 11.8 Å². The molecule has 0 bridgehead atoms. The van der Waals surface area contributed by atoms with Crippen LogP contribution >= 0.6 is 8.60 Å². The Kier molecular flexibility index (Phi) is 6.65. The summed E-state index contributed by atoms with van der Waals surface area (Å²) in [5.41, 5.74) is -1.38. The zero-order valence-electron chi connectivity index (χ0n) is 12.5. The maximum Gasteiger partial charge on any atom is 0.330 e. The summed E-state index contributed by atoms with van der Waals surface area (Å²) in [5, 5.41) is 18.8. The Morgan fingerprint density at radius 3 is 2.83 bits per heavy atom. The van der Waals surface area contributed by atoms with Crippen LogP contribution in [0.25, 0.3) is 0 Å². The van der Waals surface area contributed by atoms with Gasteiger partial charge in [0, 0.05) is 19.0 Å². The van der Waals surface area contributed by atoms with Gasteiger partial charge in [0.2, 0.25) is 0 Å². The Bertz CT molecular complexity index is 734. The van der Waals surface area contributed by atoms with Crippen molar-refractivity contribution in [3.05, 3.63) is 32.6 Å². The SMILES string of the molecule is O=c1[nH]c(=O)n(C2CC(O)C(CO)O2)cc1C#CCCOP(O)O. The minimum atomic E-state index is -2.45. The van der Waals surface area contributed by atoms with Gasteiger partial charge in [-0.1, -0.05) is 11.8 Å². The maximum atomic E-state index is 11.9. The Morgan fingerprint density at radius 2 is 2.21 bits per heavy atom. The first-order valence-corrected chi connectivity index (χ1v) is 8.18. The molecular weight excluding hydrogens is 343 g/mol. The molecule has 1 aromatic rings. The monoisotopic (exact) mass is 360 g/mol. The van der Waals surface area contributed by atoms with E-state index in [9.17, 15) is 14.7 Å². The van der Waals surface area contributed by atoms with E-state index < -0.39 is 38.3 Å². The van der Waals surface area contributed by atoms with Crippen molar-refractivity contribution in [2.75, 3.05) is 13.2 Å². The molecule has 24 heavy (non-hydrogen) atoms. The lowest BCUT2D eigenvalue weighted by atomic mass is 10.2. The standard InChI is InChI=1S/C13H17N2O8P/c16-7-10-9(17)5-11(23-10)15-6-8(12(18)14-13(15)19)3-1-2-4-22-24(20)21/h6,9-11,16-17,20-21H,2,4-5,7H2,(H,14,18,19). The van der Waals surface area contributed by atoms with Gasteiger partial charge in [-0.2, -0.15) is 0 Å². The van der Waals surface area contributed by atoms with E-state index in [-0.39, 0.29) is 31.6 Å². The lowest BCUT2D eigenvalue weighted by Gasteiger charge is -2.14. The second-order valence-electron chi connectivity index (χ2n) is 4.96. The van der Waals surface area contributed by atoms with Crippen molar-refractivity contribution in [3.63, 3.8) is 0 Å². The maximum absolute atomic E-state index is 11.9. The first-order valence-electron chi connectivity index (χ1n) is 7.02. The molecule has 0 aromatic carbocycles. The Labute approximate surface area is 137 Å². The molecule has 1 aliphatic heterocycles. The molecule has 10 nitrogen and oxygen atoms in total. The Hall–Kier alpha value is -1.57. The minimum Gasteiger partial charge on any atom is -0.394 e. The molecule has 0 saturated carbocycles. The van der Waals surface area contributed by atoms with Crippen molar-refractivity contribution in [2.45, 2.75) is 31.3 Å². The largest absolute Gasteiger partial charge is 0.394 e. The van der Waals surface area contributed by atoms with Crippen LogP contribution in [0.5, 0.6) is 0 Å². The fraction of sp³-hybridized carbons (Fsp3) is 0.538. The highest BCUT2D eigenvalue weighted by molar-refractivity contribution is 7.39. The average Bonchev–Trinajstić information content (AvgIpc) is 2.89. The van der Waals surface area contributed by atoms with Gasteiger partial charge in [-0.25, -0.2) is 4.79 Å². The molecule has 0 amide bonds.